The molecule has 0 aliphatic carbocycles. The Bertz CT molecular complexity index is 1160. The highest BCUT2D eigenvalue weighted by Crippen LogP contribution is 2.37. The highest BCUT2D eigenvalue weighted by molar-refractivity contribution is 6.30. The van der Waals surface area contributed by atoms with Crippen molar-refractivity contribution in [1.82, 2.24) is 4.90 Å². The molecule has 1 aliphatic rings. The van der Waals surface area contributed by atoms with Crippen LogP contribution in [0.1, 0.15) is 40.4 Å². The van der Waals surface area contributed by atoms with E-state index in [0.29, 0.717) is 36.4 Å². The van der Waals surface area contributed by atoms with Crippen molar-refractivity contribution in [3.8, 4) is 5.75 Å². The first-order valence-corrected chi connectivity index (χ1v) is 11.8. The van der Waals surface area contributed by atoms with E-state index < -0.39 is 11.6 Å². The molecule has 1 aliphatic heterocycles. The third-order valence-electron chi connectivity index (χ3n) is 6.07. The summed E-state index contributed by atoms with van der Waals surface area (Å²) in [7, 11) is 0. The van der Waals surface area contributed by atoms with Gasteiger partial charge in [0.2, 0.25) is 0 Å². The van der Waals surface area contributed by atoms with E-state index in [1.165, 1.54) is 10.5 Å². The van der Waals surface area contributed by atoms with Gasteiger partial charge in [0.1, 0.15) is 17.9 Å². The van der Waals surface area contributed by atoms with Crippen LogP contribution in [0.15, 0.2) is 72.8 Å². The molecule has 1 amide bonds. The molecular formula is C28H28ClNO4. The first-order chi connectivity index (χ1) is 16.3. The van der Waals surface area contributed by atoms with Crippen LogP contribution in [0.25, 0.3) is 0 Å². The maximum Gasteiger partial charge on any atom is 0.323 e. The summed E-state index contributed by atoms with van der Waals surface area (Å²) in [5, 5.41) is 10.1. The second-order valence-corrected chi connectivity index (χ2v) is 9.50. The fourth-order valence-electron chi connectivity index (χ4n) is 4.50. The maximum atomic E-state index is 13.2. The minimum absolute atomic E-state index is 0.274. The van der Waals surface area contributed by atoms with Crippen molar-refractivity contribution in [3.05, 3.63) is 100 Å². The molecule has 0 saturated heterocycles. The molecule has 0 bridgehead atoms. The van der Waals surface area contributed by atoms with Crippen LogP contribution in [0.5, 0.6) is 5.75 Å². The van der Waals surface area contributed by atoms with Gasteiger partial charge in [0, 0.05) is 30.0 Å². The number of fused-ring (bicyclic) bond motifs is 1. The zero-order valence-corrected chi connectivity index (χ0v) is 19.9. The van der Waals surface area contributed by atoms with Crippen LogP contribution in [0, 0.1) is 0 Å². The number of aryl methyl sites for hydroxylation is 1. The number of carboxylic acid groups (broad SMARTS) is 1. The van der Waals surface area contributed by atoms with Gasteiger partial charge in [-0.25, -0.2) is 0 Å². The first kappa shape index (κ1) is 23.8. The van der Waals surface area contributed by atoms with Crippen molar-refractivity contribution >= 4 is 23.5 Å². The van der Waals surface area contributed by atoms with Crippen LogP contribution in [-0.2, 0) is 24.1 Å². The van der Waals surface area contributed by atoms with Crippen LogP contribution in [0.2, 0.25) is 5.02 Å². The molecular weight excluding hydrogens is 450 g/mol. The molecule has 176 valence electrons. The molecule has 0 radical (unpaired) electrons. The molecule has 1 N–H and O–H groups in total. The van der Waals surface area contributed by atoms with Gasteiger partial charge in [0.25, 0.3) is 5.91 Å². The smallest absolute Gasteiger partial charge is 0.323 e. The zero-order valence-electron chi connectivity index (χ0n) is 19.2. The lowest BCUT2D eigenvalue weighted by molar-refractivity contribution is -0.137. The van der Waals surface area contributed by atoms with Crippen molar-refractivity contribution in [2.24, 2.45) is 0 Å². The Kier molecular flexibility index (Phi) is 7.23. The SMILES string of the molecule is C[C@]1(Cc2ccc(Cl)cc2)Cc2cc(C(=O)N(CCCc3ccccc3)CC(=O)O)ccc2O1. The van der Waals surface area contributed by atoms with Gasteiger partial charge in [0.05, 0.1) is 0 Å². The van der Waals surface area contributed by atoms with E-state index in [-0.39, 0.29) is 12.5 Å². The lowest BCUT2D eigenvalue weighted by atomic mass is 9.91. The van der Waals surface area contributed by atoms with Crippen molar-refractivity contribution < 1.29 is 19.4 Å². The fraction of sp³-hybridized carbons (Fsp3) is 0.286. The van der Waals surface area contributed by atoms with E-state index in [4.69, 9.17) is 16.3 Å². The molecule has 0 saturated carbocycles. The third kappa shape index (κ3) is 5.97. The average Bonchev–Trinajstić information content (AvgIpc) is 3.15. The topological polar surface area (TPSA) is 66.8 Å². The van der Waals surface area contributed by atoms with Crippen LogP contribution < -0.4 is 4.74 Å². The van der Waals surface area contributed by atoms with E-state index in [2.05, 4.69) is 6.92 Å². The van der Waals surface area contributed by atoms with Gasteiger partial charge in [0.15, 0.2) is 0 Å². The molecule has 34 heavy (non-hydrogen) atoms. The monoisotopic (exact) mass is 477 g/mol. The lowest BCUT2D eigenvalue weighted by Gasteiger charge is -2.24. The fourth-order valence-corrected chi connectivity index (χ4v) is 4.63. The molecule has 0 spiro atoms. The number of benzene rings is 3. The van der Waals surface area contributed by atoms with Gasteiger partial charge in [-0.05, 0) is 66.8 Å². The minimum Gasteiger partial charge on any atom is -0.487 e. The summed E-state index contributed by atoms with van der Waals surface area (Å²) >= 11 is 6.00. The number of amides is 1. The van der Waals surface area contributed by atoms with Gasteiger partial charge in [-0.3, -0.25) is 9.59 Å². The van der Waals surface area contributed by atoms with E-state index in [9.17, 15) is 14.7 Å². The summed E-state index contributed by atoms with van der Waals surface area (Å²) in [6, 6.07) is 23.1. The van der Waals surface area contributed by atoms with E-state index >= 15 is 0 Å². The van der Waals surface area contributed by atoms with Crippen molar-refractivity contribution in [2.45, 2.75) is 38.2 Å². The number of rotatable bonds is 9. The third-order valence-corrected chi connectivity index (χ3v) is 6.32. The molecule has 6 heteroatoms. The number of aliphatic carboxylic acids is 1. The molecule has 1 heterocycles. The number of nitrogens with zero attached hydrogens (tertiary/aromatic N) is 1. The number of hydrogen-bond donors (Lipinski definition) is 1. The summed E-state index contributed by atoms with van der Waals surface area (Å²) in [5.74, 6) is -0.528. The molecule has 5 nitrogen and oxygen atoms in total. The molecule has 1 atom stereocenters. The largest absolute Gasteiger partial charge is 0.487 e. The number of hydrogen-bond acceptors (Lipinski definition) is 3. The predicted molar refractivity (Wildman–Crippen MR) is 133 cm³/mol. The number of carbonyl (C=O) groups excluding carboxylic acids is 1. The van der Waals surface area contributed by atoms with Crippen molar-refractivity contribution in [3.63, 3.8) is 0 Å². The van der Waals surface area contributed by atoms with Crippen LogP contribution in [0.3, 0.4) is 0 Å². The summed E-state index contributed by atoms with van der Waals surface area (Å²) in [6.45, 7) is 2.11. The number of ether oxygens (including phenoxy) is 1. The number of carboxylic acids is 1. The van der Waals surface area contributed by atoms with Gasteiger partial charge >= 0.3 is 5.97 Å². The highest BCUT2D eigenvalue weighted by atomic mass is 35.5. The molecule has 0 fully saturated rings. The number of carbonyl (C=O) groups is 2. The minimum atomic E-state index is -1.02. The predicted octanol–water partition coefficient (Wildman–Crippen LogP) is 5.44. The quantitative estimate of drug-likeness (QED) is 0.446. The summed E-state index contributed by atoms with van der Waals surface area (Å²) < 4.78 is 6.25. The van der Waals surface area contributed by atoms with Crippen LogP contribution in [0.4, 0.5) is 0 Å². The van der Waals surface area contributed by atoms with E-state index in [1.54, 1.807) is 6.07 Å². The van der Waals surface area contributed by atoms with Crippen molar-refractivity contribution in [2.75, 3.05) is 13.1 Å². The zero-order chi connectivity index (χ0) is 24.1. The Morgan fingerprint density at radius 1 is 1.03 bits per heavy atom. The molecule has 4 rings (SSSR count). The molecule has 0 aromatic heterocycles. The lowest BCUT2D eigenvalue weighted by Crippen LogP contribution is -2.36. The maximum absolute atomic E-state index is 13.2. The van der Waals surface area contributed by atoms with Crippen LogP contribution >= 0.6 is 11.6 Å². The second-order valence-electron chi connectivity index (χ2n) is 9.06. The summed E-state index contributed by atoms with van der Waals surface area (Å²) in [6.07, 6.45) is 2.85. The summed E-state index contributed by atoms with van der Waals surface area (Å²) in [5.41, 5.74) is 3.32. The molecule has 0 unspecified atom stereocenters. The Morgan fingerprint density at radius 2 is 1.76 bits per heavy atom. The molecule has 3 aromatic rings. The van der Waals surface area contributed by atoms with Crippen LogP contribution in [-0.4, -0.2) is 40.6 Å². The first-order valence-electron chi connectivity index (χ1n) is 11.4. The summed E-state index contributed by atoms with van der Waals surface area (Å²) in [4.78, 5) is 26.1. The highest BCUT2D eigenvalue weighted by Gasteiger charge is 2.35. The normalized spacial score (nSPS) is 16.5. The van der Waals surface area contributed by atoms with Crippen molar-refractivity contribution in [1.29, 1.82) is 0 Å². The molecule has 3 aromatic carbocycles. The Hall–Kier alpha value is -3.31. The van der Waals surface area contributed by atoms with Gasteiger partial charge < -0.3 is 14.7 Å². The average molecular weight is 478 g/mol. The Morgan fingerprint density at radius 3 is 2.47 bits per heavy atom. The van der Waals surface area contributed by atoms with E-state index in [1.807, 2.05) is 66.7 Å². The van der Waals surface area contributed by atoms with Gasteiger partial charge in [-0.15, -0.1) is 0 Å². The van der Waals surface area contributed by atoms with Gasteiger partial charge in [-0.2, -0.15) is 0 Å². The second kappa shape index (κ2) is 10.3. The van der Waals surface area contributed by atoms with Gasteiger partial charge in [-0.1, -0.05) is 54.1 Å². The Labute approximate surface area is 204 Å². The van der Waals surface area contributed by atoms with E-state index in [0.717, 1.165) is 23.3 Å². The number of halogens is 1. The standard InChI is InChI=1S/C28H28ClNO4/c1-28(17-21-9-12-24(29)13-10-21)18-23-16-22(11-14-25(23)34-28)27(33)30(19-26(31)32)15-5-8-20-6-3-2-4-7-20/h2-4,6-7,9-14,16H,5,8,15,17-19H2,1H3,(H,31,32)/t28-/m0/s1. The Balaban J connectivity index is 1.44.